The minimum Gasteiger partial charge on any atom is -0.379 e. The number of aromatic nitrogens is 1. The second-order valence-corrected chi connectivity index (χ2v) is 8.35. The average Bonchev–Trinajstić information content (AvgIpc) is 3.28. The van der Waals surface area contributed by atoms with Gasteiger partial charge in [-0.2, -0.15) is 0 Å². The van der Waals surface area contributed by atoms with E-state index in [1.165, 1.54) is 11.3 Å². The molecule has 1 aliphatic rings. The highest BCUT2D eigenvalue weighted by Crippen LogP contribution is 2.28. The van der Waals surface area contributed by atoms with E-state index in [0.29, 0.717) is 12.1 Å². The molecule has 0 aliphatic carbocycles. The topological polar surface area (TPSA) is 45.7 Å². The first-order chi connectivity index (χ1) is 14.7. The molecular weight excluding hydrogens is 394 g/mol. The van der Waals surface area contributed by atoms with E-state index in [0.717, 1.165) is 61.2 Å². The Morgan fingerprint density at radius 3 is 2.70 bits per heavy atom. The number of ether oxygens (including phenoxy) is 1. The van der Waals surface area contributed by atoms with Gasteiger partial charge in [-0.05, 0) is 25.5 Å². The number of aryl methyl sites for hydroxylation is 1. The van der Waals surface area contributed by atoms with E-state index in [1.807, 2.05) is 71.8 Å². The fourth-order valence-electron chi connectivity index (χ4n) is 3.62. The van der Waals surface area contributed by atoms with Gasteiger partial charge in [-0.3, -0.25) is 14.6 Å². The van der Waals surface area contributed by atoms with Gasteiger partial charge in [-0.15, -0.1) is 11.3 Å². The molecule has 1 aromatic heterocycles. The quantitative estimate of drug-likeness (QED) is 0.564. The van der Waals surface area contributed by atoms with Crippen LogP contribution in [-0.2, 0) is 4.74 Å². The van der Waals surface area contributed by atoms with Crippen LogP contribution in [0.4, 0.5) is 5.13 Å². The maximum Gasteiger partial charge on any atom is 0.260 e. The molecule has 0 N–H and O–H groups in total. The van der Waals surface area contributed by atoms with Crippen LogP contribution in [0.25, 0.3) is 11.3 Å². The van der Waals surface area contributed by atoms with E-state index in [4.69, 9.17) is 9.72 Å². The Bertz CT molecular complexity index is 967. The zero-order valence-electron chi connectivity index (χ0n) is 17.3. The highest BCUT2D eigenvalue weighted by atomic mass is 32.1. The third-order valence-corrected chi connectivity index (χ3v) is 6.13. The Balaban J connectivity index is 1.53. The van der Waals surface area contributed by atoms with Crippen LogP contribution in [0.2, 0.25) is 0 Å². The van der Waals surface area contributed by atoms with Crippen LogP contribution >= 0.6 is 11.3 Å². The molecule has 30 heavy (non-hydrogen) atoms. The molecule has 0 bridgehead atoms. The van der Waals surface area contributed by atoms with E-state index in [1.54, 1.807) is 0 Å². The van der Waals surface area contributed by atoms with Crippen molar-refractivity contribution >= 4 is 22.4 Å². The van der Waals surface area contributed by atoms with Gasteiger partial charge in [0, 0.05) is 42.7 Å². The monoisotopic (exact) mass is 421 g/mol. The minimum absolute atomic E-state index is 0.00893. The van der Waals surface area contributed by atoms with Gasteiger partial charge < -0.3 is 4.74 Å². The fourth-order valence-corrected chi connectivity index (χ4v) is 4.48. The number of morpholine rings is 1. The summed E-state index contributed by atoms with van der Waals surface area (Å²) >= 11 is 1.53. The lowest BCUT2D eigenvalue weighted by Crippen LogP contribution is -2.39. The summed E-state index contributed by atoms with van der Waals surface area (Å²) in [5.74, 6) is 0.00893. The summed E-state index contributed by atoms with van der Waals surface area (Å²) in [7, 11) is 0. The lowest BCUT2D eigenvalue weighted by atomic mass is 10.1. The molecule has 1 amide bonds. The molecule has 0 radical (unpaired) electrons. The van der Waals surface area contributed by atoms with Crippen molar-refractivity contribution in [2.45, 2.75) is 13.3 Å². The summed E-state index contributed by atoms with van der Waals surface area (Å²) < 4.78 is 5.43. The van der Waals surface area contributed by atoms with Gasteiger partial charge in [0.15, 0.2) is 5.13 Å². The average molecular weight is 422 g/mol. The molecule has 3 aromatic rings. The number of nitrogens with zero attached hydrogens (tertiary/aromatic N) is 3. The van der Waals surface area contributed by atoms with Crippen molar-refractivity contribution in [2.24, 2.45) is 0 Å². The van der Waals surface area contributed by atoms with Crippen molar-refractivity contribution in [3.8, 4) is 11.3 Å². The smallest absolute Gasteiger partial charge is 0.260 e. The van der Waals surface area contributed by atoms with Gasteiger partial charge in [-0.25, -0.2) is 4.98 Å². The van der Waals surface area contributed by atoms with E-state index >= 15 is 0 Å². The van der Waals surface area contributed by atoms with Crippen molar-refractivity contribution in [1.82, 2.24) is 9.88 Å². The number of hydrogen-bond donors (Lipinski definition) is 0. The first-order valence-corrected chi connectivity index (χ1v) is 11.3. The van der Waals surface area contributed by atoms with Crippen molar-refractivity contribution in [3.05, 3.63) is 71.1 Å². The van der Waals surface area contributed by atoms with Gasteiger partial charge >= 0.3 is 0 Å². The fraction of sp³-hybridized carbons (Fsp3) is 0.333. The molecule has 0 saturated carbocycles. The van der Waals surface area contributed by atoms with Crippen molar-refractivity contribution in [1.29, 1.82) is 0 Å². The third kappa shape index (κ3) is 5.14. The molecule has 2 aromatic carbocycles. The number of rotatable bonds is 7. The molecular formula is C24H27N3O2S. The molecule has 0 spiro atoms. The number of benzene rings is 2. The first kappa shape index (κ1) is 20.7. The van der Waals surface area contributed by atoms with Gasteiger partial charge in [0.05, 0.1) is 18.9 Å². The van der Waals surface area contributed by atoms with Crippen molar-refractivity contribution in [2.75, 3.05) is 44.3 Å². The lowest BCUT2D eigenvalue weighted by molar-refractivity contribution is 0.0376. The molecule has 4 rings (SSSR count). The molecule has 5 nitrogen and oxygen atoms in total. The summed E-state index contributed by atoms with van der Waals surface area (Å²) in [6, 6.07) is 17.9. The molecule has 156 valence electrons. The van der Waals surface area contributed by atoms with E-state index in [2.05, 4.69) is 4.90 Å². The van der Waals surface area contributed by atoms with Gasteiger partial charge in [0.25, 0.3) is 5.91 Å². The van der Waals surface area contributed by atoms with Gasteiger partial charge in [0.2, 0.25) is 0 Å². The van der Waals surface area contributed by atoms with Gasteiger partial charge in [-0.1, -0.05) is 48.0 Å². The zero-order valence-corrected chi connectivity index (χ0v) is 18.1. The molecule has 2 heterocycles. The Morgan fingerprint density at radius 1 is 1.13 bits per heavy atom. The maximum absolute atomic E-state index is 13.4. The number of hydrogen-bond acceptors (Lipinski definition) is 5. The summed E-state index contributed by atoms with van der Waals surface area (Å²) in [5, 5.41) is 2.78. The summed E-state index contributed by atoms with van der Waals surface area (Å²) in [6.45, 7) is 7.11. The van der Waals surface area contributed by atoms with E-state index in [-0.39, 0.29) is 5.91 Å². The second kappa shape index (κ2) is 9.98. The normalized spacial score (nSPS) is 14.6. The summed E-state index contributed by atoms with van der Waals surface area (Å²) in [4.78, 5) is 22.4. The highest BCUT2D eigenvalue weighted by Gasteiger charge is 2.22. The van der Waals surface area contributed by atoms with Gasteiger partial charge in [0.1, 0.15) is 0 Å². The Hall–Kier alpha value is -2.54. The Kier molecular flexibility index (Phi) is 6.89. The van der Waals surface area contributed by atoms with Crippen molar-refractivity contribution < 1.29 is 9.53 Å². The number of carbonyl (C=O) groups excluding carboxylic acids is 1. The molecule has 0 atom stereocenters. The molecule has 1 saturated heterocycles. The Morgan fingerprint density at radius 2 is 1.93 bits per heavy atom. The van der Waals surface area contributed by atoms with Crippen molar-refractivity contribution in [3.63, 3.8) is 0 Å². The van der Waals surface area contributed by atoms with Crippen LogP contribution in [0.3, 0.4) is 0 Å². The molecule has 6 heteroatoms. The minimum atomic E-state index is 0.00893. The standard InChI is InChI=1S/C24H27N3O2S/c1-19-7-5-10-21(17-19)23(28)27(12-6-11-26-13-15-29-16-14-26)24-25-22(18-30-24)20-8-3-2-4-9-20/h2-5,7-10,17-18H,6,11-16H2,1H3. The first-order valence-electron chi connectivity index (χ1n) is 10.4. The predicted molar refractivity (Wildman–Crippen MR) is 122 cm³/mol. The van der Waals surface area contributed by atoms with Crippen LogP contribution < -0.4 is 4.90 Å². The van der Waals surface area contributed by atoms with E-state index < -0.39 is 0 Å². The Labute approximate surface area is 181 Å². The van der Waals surface area contributed by atoms with Crippen LogP contribution in [0, 0.1) is 6.92 Å². The van der Waals surface area contributed by atoms with Crippen LogP contribution in [0.15, 0.2) is 60.0 Å². The largest absolute Gasteiger partial charge is 0.379 e. The molecule has 0 unspecified atom stereocenters. The number of carbonyl (C=O) groups is 1. The summed E-state index contributed by atoms with van der Waals surface area (Å²) in [6.07, 6.45) is 0.901. The van der Waals surface area contributed by atoms with Crippen LogP contribution in [-0.4, -0.2) is 55.2 Å². The zero-order chi connectivity index (χ0) is 20.8. The third-order valence-electron chi connectivity index (χ3n) is 5.26. The second-order valence-electron chi connectivity index (χ2n) is 7.52. The van der Waals surface area contributed by atoms with E-state index in [9.17, 15) is 4.79 Å². The van der Waals surface area contributed by atoms with Crippen LogP contribution in [0.5, 0.6) is 0 Å². The molecule has 1 fully saturated rings. The summed E-state index contributed by atoms with van der Waals surface area (Å²) in [5.41, 5.74) is 3.76. The lowest BCUT2D eigenvalue weighted by Gasteiger charge is -2.27. The number of thiazole rings is 1. The molecule has 1 aliphatic heterocycles. The number of amides is 1. The highest BCUT2D eigenvalue weighted by molar-refractivity contribution is 7.14. The SMILES string of the molecule is Cc1cccc(C(=O)N(CCCN2CCOCC2)c2nc(-c3ccccc3)cs2)c1. The number of anilines is 1. The predicted octanol–water partition coefficient (Wildman–Crippen LogP) is 4.49. The maximum atomic E-state index is 13.4. The van der Waals surface area contributed by atoms with Crippen LogP contribution in [0.1, 0.15) is 22.3 Å².